The zero-order valence-electron chi connectivity index (χ0n) is 10.7. The van der Waals surface area contributed by atoms with Crippen LogP contribution in [0, 0.1) is 5.41 Å². The van der Waals surface area contributed by atoms with Crippen LogP contribution in [-0.4, -0.2) is 19.4 Å². The van der Waals surface area contributed by atoms with Gasteiger partial charge in [-0.25, -0.2) is 0 Å². The second-order valence-corrected chi connectivity index (χ2v) is 5.07. The molecule has 0 N–H and O–H groups in total. The summed E-state index contributed by atoms with van der Waals surface area (Å²) < 4.78 is 4.84. The molecule has 0 aromatic heterocycles. The quantitative estimate of drug-likeness (QED) is 0.596. The van der Waals surface area contributed by atoms with Gasteiger partial charge in [-0.3, -0.25) is 9.59 Å². The molecule has 3 heteroatoms. The van der Waals surface area contributed by atoms with Gasteiger partial charge in [0.2, 0.25) is 0 Å². The van der Waals surface area contributed by atoms with Gasteiger partial charge in [-0.05, 0) is 11.0 Å². The molecule has 1 atom stereocenters. The predicted octanol–water partition coefficient (Wildman–Crippen LogP) is 2.80. The van der Waals surface area contributed by atoms with Crippen molar-refractivity contribution in [3.8, 4) is 0 Å². The first kappa shape index (κ1) is 13.4. The maximum Gasteiger partial charge on any atom is 0.313 e. The second kappa shape index (κ2) is 5.13. The molecule has 92 valence electrons. The summed E-state index contributed by atoms with van der Waals surface area (Å²) in [6.07, 6.45) is 0.775. The highest BCUT2D eigenvalue weighted by Gasteiger charge is 2.34. The summed E-state index contributed by atoms with van der Waals surface area (Å²) in [5.41, 5.74) is 0.964. The van der Waals surface area contributed by atoms with E-state index >= 15 is 0 Å². The first-order valence-corrected chi connectivity index (χ1v) is 5.53. The van der Waals surface area contributed by atoms with Gasteiger partial charge in [0.15, 0.2) is 0 Å². The Morgan fingerprint density at radius 3 is 2.35 bits per heavy atom. The van der Waals surface area contributed by atoms with Crippen LogP contribution in [0.3, 0.4) is 0 Å². The van der Waals surface area contributed by atoms with Gasteiger partial charge in [-0.2, -0.15) is 0 Å². The van der Waals surface area contributed by atoms with Gasteiger partial charge in [-0.1, -0.05) is 45.0 Å². The zero-order chi connectivity index (χ0) is 13.1. The van der Waals surface area contributed by atoms with Crippen molar-refractivity contribution in [2.75, 3.05) is 7.11 Å². The van der Waals surface area contributed by atoms with Gasteiger partial charge >= 0.3 is 5.97 Å². The Hall–Kier alpha value is -1.64. The number of hydrogen-bond acceptors (Lipinski definition) is 3. The van der Waals surface area contributed by atoms with E-state index in [4.69, 9.17) is 4.74 Å². The zero-order valence-corrected chi connectivity index (χ0v) is 10.7. The topological polar surface area (TPSA) is 43.4 Å². The van der Waals surface area contributed by atoms with Gasteiger partial charge in [0.1, 0.15) is 6.29 Å². The van der Waals surface area contributed by atoms with E-state index < -0.39 is 5.92 Å². The van der Waals surface area contributed by atoms with Crippen LogP contribution in [-0.2, 0) is 9.53 Å². The number of hydrogen-bond donors (Lipinski definition) is 0. The normalized spacial score (nSPS) is 12.9. The molecule has 0 aliphatic rings. The third-order valence-corrected chi connectivity index (χ3v) is 2.74. The van der Waals surface area contributed by atoms with Gasteiger partial charge in [-0.15, -0.1) is 0 Å². The Bertz CT molecular complexity index is 416. The third-order valence-electron chi connectivity index (χ3n) is 2.74. The SMILES string of the molecule is COC(=O)C(c1ccccc1C=O)C(C)(C)C. The molecule has 1 aromatic rings. The molecule has 1 rings (SSSR count). The van der Waals surface area contributed by atoms with Crippen molar-refractivity contribution in [3.63, 3.8) is 0 Å². The first-order valence-electron chi connectivity index (χ1n) is 5.53. The van der Waals surface area contributed by atoms with E-state index in [-0.39, 0.29) is 11.4 Å². The largest absolute Gasteiger partial charge is 0.469 e. The van der Waals surface area contributed by atoms with E-state index in [1.807, 2.05) is 26.8 Å². The van der Waals surface area contributed by atoms with Crippen LogP contribution in [0.15, 0.2) is 24.3 Å². The molecule has 0 fully saturated rings. The third kappa shape index (κ3) is 2.93. The summed E-state index contributed by atoms with van der Waals surface area (Å²) in [5.74, 6) is -0.749. The standard InChI is InChI=1S/C14H18O3/c1-14(2,3)12(13(16)17-4)11-8-6-5-7-10(11)9-15/h5-9,12H,1-4H3. The van der Waals surface area contributed by atoms with Gasteiger partial charge in [0.05, 0.1) is 13.0 Å². The maximum absolute atomic E-state index is 11.9. The summed E-state index contributed by atoms with van der Waals surface area (Å²) in [5, 5.41) is 0. The number of ether oxygens (including phenoxy) is 1. The van der Waals surface area contributed by atoms with Crippen molar-refractivity contribution in [1.82, 2.24) is 0 Å². The predicted molar refractivity (Wildman–Crippen MR) is 66.0 cm³/mol. The number of rotatable bonds is 3. The minimum Gasteiger partial charge on any atom is -0.469 e. The lowest BCUT2D eigenvalue weighted by Gasteiger charge is -2.29. The highest BCUT2D eigenvalue weighted by molar-refractivity contribution is 5.85. The molecule has 0 aliphatic carbocycles. The van der Waals surface area contributed by atoms with Crippen LogP contribution in [0.2, 0.25) is 0 Å². The summed E-state index contributed by atoms with van der Waals surface area (Å²) >= 11 is 0. The van der Waals surface area contributed by atoms with Gasteiger partial charge < -0.3 is 4.74 Å². The van der Waals surface area contributed by atoms with Crippen LogP contribution in [0.5, 0.6) is 0 Å². The van der Waals surface area contributed by atoms with Crippen LogP contribution in [0.4, 0.5) is 0 Å². The van der Waals surface area contributed by atoms with Crippen molar-refractivity contribution in [2.24, 2.45) is 5.41 Å². The molecule has 0 amide bonds. The lowest BCUT2D eigenvalue weighted by molar-refractivity contribution is -0.145. The van der Waals surface area contributed by atoms with Crippen molar-refractivity contribution in [3.05, 3.63) is 35.4 Å². The summed E-state index contributed by atoms with van der Waals surface area (Å²) in [6, 6.07) is 7.12. The Morgan fingerprint density at radius 2 is 1.88 bits per heavy atom. The summed E-state index contributed by atoms with van der Waals surface area (Å²) in [7, 11) is 1.37. The maximum atomic E-state index is 11.9. The Morgan fingerprint density at radius 1 is 1.29 bits per heavy atom. The molecule has 0 saturated heterocycles. The van der Waals surface area contributed by atoms with Crippen molar-refractivity contribution < 1.29 is 14.3 Å². The molecule has 0 saturated carbocycles. The molecule has 0 radical (unpaired) electrons. The van der Waals surface area contributed by atoms with E-state index in [1.54, 1.807) is 18.2 Å². The fourth-order valence-corrected chi connectivity index (χ4v) is 1.95. The fraction of sp³-hybridized carbons (Fsp3) is 0.429. The molecule has 0 bridgehead atoms. The van der Waals surface area contributed by atoms with Crippen molar-refractivity contribution in [2.45, 2.75) is 26.7 Å². The number of esters is 1. The number of benzene rings is 1. The minimum absolute atomic E-state index is 0.299. The molecule has 1 aromatic carbocycles. The Balaban J connectivity index is 3.32. The smallest absolute Gasteiger partial charge is 0.313 e. The average molecular weight is 234 g/mol. The molecule has 0 spiro atoms. The van der Waals surface area contributed by atoms with Crippen LogP contribution in [0.1, 0.15) is 42.6 Å². The van der Waals surface area contributed by atoms with Crippen molar-refractivity contribution >= 4 is 12.3 Å². The molecule has 3 nitrogen and oxygen atoms in total. The highest BCUT2D eigenvalue weighted by Crippen LogP contribution is 2.37. The lowest BCUT2D eigenvalue weighted by Crippen LogP contribution is -2.28. The molecule has 0 heterocycles. The van der Waals surface area contributed by atoms with Crippen LogP contribution >= 0.6 is 0 Å². The lowest BCUT2D eigenvalue weighted by atomic mass is 9.75. The summed E-state index contributed by atoms with van der Waals surface area (Å²) in [6.45, 7) is 5.86. The Labute approximate surface area is 102 Å². The van der Waals surface area contributed by atoms with Gasteiger partial charge in [0, 0.05) is 5.56 Å². The van der Waals surface area contributed by atoms with E-state index in [2.05, 4.69) is 0 Å². The second-order valence-electron chi connectivity index (χ2n) is 5.07. The van der Waals surface area contributed by atoms with E-state index in [1.165, 1.54) is 7.11 Å². The number of methoxy groups -OCH3 is 1. The monoisotopic (exact) mass is 234 g/mol. The number of aldehydes is 1. The average Bonchev–Trinajstić information content (AvgIpc) is 2.28. The van der Waals surface area contributed by atoms with E-state index in [0.717, 1.165) is 11.8 Å². The molecule has 17 heavy (non-hydrogen) atoms. The fourth-order valence-electron chi connectivity index (χ4n) is 1.95. The molecular weight excluding hydrogens is 216 g/mol. The molecular formula is C14H18O3. The van der Waals surface area contributed by atoms with Gasteiger partial charge in [0.25, 0.3) is 0 Å². The van der Waals surface area contributed by atoms with Crippen molar-refractivity contribution in [1.29, 1.82) is 0 Å². The van der Waals surface area contributed by atoms with Crippen LogP contribution < -0.4 is 0 Å². The molecule has 1 unspecified atom stereocenters. The minimum atomic E-state index is -0.436. The number of carbonyl (C=O) groups is 2. The van der Waals surface area contributed by atoms with Crippen LogP contribution in [0.25, 0.3) is 0 Å². The summed E-state index contributed by atoms with van der Waals surface area (Å²) in [4.78, 5) is 22.9. The number of carbonyl (C=O) groups excluding carboxylic acids is 2. The van der Waals surface area contributed by atoms with E-state index in [9.17, 15) is 9.59 Å². The Kier molecular flexibility index (Phi) is 4.05. The first-order chi connectivity index (χ1) is 7.91. The molecule has 0 aliphatic heterocycles. The highest BCUT2D eigenvalue weighted by atomic mass is 16.5. The van der Waals surface area contributed by atoms with E-state index in [0.29, 0.717) is 5.56 Å².